The topological polar surface area (TPSA) is 62.7 Å². The van der Waals surface area contributed by atoms with Crippen molar-refractivity contribution in [1.29, 1.82) is 0 Å². The van der Waals surface area contributed by atoms with E-state index in [0.717, 1.165) is 37.6 Å². The molecule has 2 heterocycles. The van der Waals surface area contributed by atoms with Crippen molar-refractivity contribution in [2.24, 2.45) is 0 Å². The van der Waals surface area contributed by atoms with Crippen LogP contribution in [0.5, 0.6) is 5.75 Å². The fourth-order valence-electron chi connectivity index (χ4n) is 3.61. The SMILES string of the molecule is COc1ccccc1N1CC[NH+](Cc2nc3cc(Cl)ccc3c(=O)[nH]2)CC1. The smallest absolute Gasteiger partial charge is 0.258 e. The first-order chi connectivity index (χ1) is 13.1. The number of para-hydroxylation sites is 2. The molecule has 4 rings (SSSR count). The van der Waals surface area contributed by atoms with Crippen molar-refractivity contribution in [1.82, 2.24) is 9.97 Å². The molecule has 0 saturated carbocycles. The molecule has 0 atom stereocenters. The van der Waals surface area contributed by atoms with Crippen LogP contribution in [-0.4, -0.2) is 43.3 Å². The van der Waals surface area contributed by atoms with Crippen LogP contribution in [0.3, 0.4) is 0 Å². The number of H-pyrrole nitrogens is 1. The molecule has 3 aromatic rings. The lowest BCUT2D eigenvalue weighted by molar-refractivity contribution is -0.915. The molecule has 1 aliphatic rings. The molecule has 2 N–H and O–H groups in total. The fraction of sp³-hybridized carbons (Fsp3) is 0.300. The van der Waals surface area contributed by atoms with Crippen molar-refractivity contribution < 1.29 is 9.64 Å². The van der Waals surface area contributed by atoms with Crippen LogP contribution in [0.15, 0.2) is 47.3 Å². The molecular formula is C20H22ClN4O2+. The minimum atomic E-state index is -0.112. The summed E-state index contributed by atoms with van der Waals surface area (Å²) in [6.07, 6.45) is 0. The summed E-state index contributed by atoms with van der Waals surface area (Å²) in [6, 6.07) is 13.3. The molecule has 0 unspecified atom stereocenters. The standard InChI is InChI=1S/C20H21ClN4O2/c1-27-18-5-3-2-4-17(18)25-10-8-24(9-11-25)13-19-22-16-12-14(21)6-7-15(16)20(26)23-19/h2-7,12H,8-11,13H2,1H3,(H,22,23,26)/p+1. The zero-order valence-corrected chi connectivity index (χ0v) is 15.9. The van der Waals surface area contributed by atoms with Gasteiger partial charge in [0.05, 0.1) is 49.9 Å². The highest BCUT2D eigenvalue weighted by Crippen LogP contribution is 2.27. The van der Waals surface area contributed by atoms with Gasteiger partial charge >= 0.3 is 0 Å². The number of methoxy groups -OCH3 is 1. The highest BCUT2D eigenvalue weighted by atomic mass is 35.5. The van der Waals surface area contributed by atoms with Gasteiger partial charge in [-0.3, -0.25) is 4.79 Å². The van der Waals surface area contributed by atoms with E-state index in [1.165, 1.54) is 4.90 Å². The zero-order chi connectivity index (χ0) is 18.8. The van der Waals surface area contributed by atoms with Crippen LogP contribution < -0.4 is 20.1 Å². The molecule has 1 aliphatic heterocycles. The molecule has 0 aliphatic carbocycles. The molecule has 0 spiro atoms. The third kappa shape index (κ3) is 3.77. The monoisotopic (exact) mass is 385 g/mol. The summed E-state index contributed by atoms with van der Waals surface area (Å²) in [7, 11) is 1.70. The van der Waals surface area contributed by atoms with Gasteiger partial charge in [-0.2, -0.15) is 0 Å². The lowest BCUT2D eigenvalue weighted by atomic mass is 10.2. The summed E-state index contributed by atoms with van der Waals surface area (Å²) in [5.41, 5.74) is 1.66. The Balaban J connectivity index is 1.46. The number of quaternary nitrogens is 1. The summed E-state index contributed by atoms with van der Waals surface area (Å²) >= 11 is 6.04. The van der Waals surface area contributed by atoms with Gasteiger partial charge in [0.25, 0.3) is 5.56 Å². The van der Waals surface area contributed by atoms with Crippen molar-refractivity contribution in [2.45, 2.75) is 6.54 Å². The first-order valence-electron chi connectivity index (χ1n) is 9.04. The van der Waals surface area contributed by atoms with E-state index in [-0.39, 0.29) is 5.56 Å². The highest BCUT2D eigenvalue weighted by Gasteiger charge is 2.23. The predicted octanol–water partition coefficient (Wildman–Crippen LogP) is 1.49. The van der Waals surface area contributed by atoms with Crippen LogP contribution in [-0.2, 0) is 6.54 Å². The second-order valence-electron chi connectivity index (χ2n) is 6.76. The number of nitrogens with zero attached hydrogens (tertiary/aromatic N) is 2. The van der Waals surface area contributed by atoms with Crippen LogP contribution in [0.1, 0.15) is 5.82 Å². The number of ether oxygens (including phenoxy) is 1. The fourth-order valence-corrected chi connectivity index (χ4v) is 3.78. The molecule has 1 fully saturated rings. The van der Waals surface area contributed by atoms with Crippen LogP contribution >= 0.6 is 11.6 Å². The molecule has 27 heavy (non-hydrogen) atoms. The summed E-state index contributed by atoms with van der Waals surface area (Å²) in [4.78, 5) is 23.5. The number of rotatable bonds is 4. The van der Waals surface area contributed by atoms with Gasteiger partial charge in [0, 0.05) is 5.02 Å². The Hall–Kier alpha value is -2.57. The number of halogens is 1. The normalized spacial score (nSPS) is 15.3. The van der Waals surface area contributed by atoms with E-state index in [4.69, 9.17) is 16.3 Å². The third-order valence-corrected chi connectivity index (χ3v) is 5.27. The number of anilines is 1. The Labute approximate surface area is 162 Å². The Morgan fingerprint density at radius 1 is 1.22 bits per heavy atom. The number of aromatic nitrogens is 2. The number of hydrogen-bond donors (Lipinski definition) is 2. The average Bonchev–Trinajstić information content (AvgIpc) is 2.68. The largest absolute Gasteiger partial charge is 0.495 e. The van der Waals surface area contributed by atoms with Gasteiger partial charge < -0.3 is 19.5 Å². The van der Waals surface area contributed by atoms with E-state index in [9.17, 15) is 4.79 Å². The lowest BCUT2D eigenvalue weighted by Crippen LogP contribution is -3.13. The predicted molar refractivity (Wildman–Crippen MR) is 107 cm³/mol. The van der Waals surface area contributed by atoms with Crippen molar-refractivity contribution in [3.63, 3.8) is 0 Å². The number of fused-ring (bicyclic) bond motifs is 1. The van der Waals surface area contributed by atoms with Crippen LogP contribution in [0.2, 0.25) is 5.02 Å². The number of benzene rings is 2. The summed E-state index contributed by atoms with van der Waals surface area (Å²) in [5.74, 6) is 1.61. The molecule has 1 saturated heterocycles. The van der Waals surface area contributed by atoms with Gasteiger partial charge in [0.2, 0.25) is 0 Å². The van der Waals surface area contributed by atoms with Crippen LogP contribution in [0, 0.1) is 0 Å². The van der Waals surface area contributed by atoms with E-state index in [1.807, 2.05) is 18.2 Å². The average molecular weight is 386 g/mol. The molecule has 0 bridgehead atoms. The maximum Gasteiger partial charge on any atom is 0.258 e. The van der Waals surface area contributed by atoms with Crippen molar-refractivity contribution in [3.8, 4) is 5.75 Å². The van der Waals surface area contributed by atoms with E-state index < -0.39 is 0 Å². The van der Waals surface area contributed by atoms with Crippen LogP contribution in [0.25, 0.3) is 10.9 Å². The summed E-state index contributed by atoms with van der Waals surface area (Å²) in [5, 5.41) is 1.16. The maximum atomic E-state index is 12.3. The number of nitrogens with one attached hydrogen (secondary N) is 2. The Bertz CT molecular complexity index is 1010. The van der Waals surface area contributed by atoms with Gasteiger partial charge in [-0.15, -0.1) is 0 Å². The molecule has 7 heteroatoms. The molecule has 0 radical (unpaired) electrons. The van der Waals surface area contributed by atoms with Crippen molar-refractivity contribution in [3.05, 3.63) is 63.7 Å². The Morgan fingerprint density at radius 2 is 2.00 bits per heavy atom. The third-order valence-electron chi connectivity index (χ3n) is 5.03. The van der Waals surface area contributed by atoms with E-state index in [2.05, 4.69) is 20.9 Å². The summed E-state index contributed by atoms with van der Waals surface area (Å²) < 4.78 is 5.48. The van der Waals surface area contributed by atoms with Crippen molar-refractivity contribution in [2.75, 3.05) is 38.2 Å². The van der Waals surface area contributed by atoms with Gasteiger partial charge in [-0.05, 0) is 30.3 Å². The van der Waals surface area contributed by atoms with E-state index in [1.54, 1.807) is 25.3 Å². The number of aromatic amines is 1. The first-order valence-corrected chi connectivity index (χ1v) is 9.42. The molecule has 1 aromatic heterocycles. The second kappa shape index (κ2) is 7.58. The Morgan fingerprint density at radius 3 is 2.78 bits per heavy atom. The molecule has 6 nitrogen and oxygen atoms in total. The molecule has 0 amide bonds. The van der Waals surface area contributed by atoms with E-state index >= 15 is 0 Å². The van der Waals surface area contributed by atoms with Crippen LogP contribution in [0.4, 0.5) is 5.69 Å². The molecule has 2 aromatic carbocycles. The minimum absolute atomic E-state index is 0.112. The highest BCUT2D eigenvalue weighted by molar-refractivity contribution is 6.31. The van der Waals surface area contributed by atoms with Gasteiger partial charge in [0.1, 0.15) is 12.3 Å². The number of hydrogen-bond acceptors (Lipinski definition) is 4. The van der Waals surface area contributed by atoms with E-state index in [0.29, 0.717) is 28.3 Å². The maximum absolute atomic E-state index is 12.3. The van der Waals surface area contributed by atoms with Gasteiger partial charge in [0.15, 0.2) is 5.82 Å². The van der Waals surface area contributed by atoms with Gasteiger partial charge in [-0.1, -0.05) is 23.7 Å². The molecular weight excluding hydrogens is 364 g/mol. The molecule has 140 valence electrons. The zero-order valence-electron chi connectivity index (χ0n) is 15.2. The Kier molecular flexibility index (Phi) is 5.01. The first kappa shape index (κ1) is 17.8. The lowest BCUT2D eigenvalue weighted by Gasteiger charge is -2.34. The quantitative estimate of drug-likeness (QED) is 0.714. The summed E-state index contributed by atoms with van der Waals surface area (Å²) in [6.45, 7) is 4.49. The van der Waals surface area contributed by atoms with Crippen molar-refractivity contribution >= 4 is 28.2 Å². The second-order valence-corrected chi connectivity index (χ2v) is 7.20. The van der Waals surface area contributed by atoms with Gasteiger partial charge in [-0.25, -0.2) is 4.98 Å². The number of piperazine rings is 1. The minimum Gasteiger partial charge on any atom is -0.495 e.